The van der Waals surface area contributed by atoms with Crippen LogP contribution in [0.4, 0.5) is 0 Å². The summed E-state index contributed by atoms with van der Waals surface area (Å²) in [6, 6.07) is 11.7. The maximum Gasteiger partial charge on any atom is 0.192 e. The number of likely N-dealkylation sites (tertiary alicyclic amines) is 1. The van der Waals surface area contributed by atoms with Crippen molar-refractivity contribution in [2.75, 3.05) is 19.6 Å². The molecular weight excluding hydrogens is 284 g/mol. The van der Waals surface area contributed by atoms with Crippen LogP contribution in [0.25, 0.3) is 0 Å². The maximum absolute atomic E-state index is 5.30. The van der Waals surface area contributed by atoms with E-state index in [9.17, 15) is 0 Å². The first kappa shape index (κ1) is 17.4. The van der Waals surface area contributed by atoms with Crippen molar-refractivity contribution in [1.29, 1.82) is 0 Å². The van der Waals surface area contributed by atoms with Crippen molar-refractivity contribution in [1.82, 2.24) is 15.5 Å². The van der Waals surface area contributed by atoms with Crippen LogP contribution < -0.4 is 10.6 Å². The molecule has 0 radical (unpaired) electrons. The zero-order chi connectivity index (χ0) is 16.5. The lowest BCUT2D eigenvalue weighted by atomic mass is 9.97. The quantitative estimate of drug-likeness (QED) is 0.497. The minimum Gasteiger partial charge on any atom is -0.357 e. The fourth-order valence-corrected chi connectivity index (χ4v) is 3.04. The van der Waals surface area contributed by atoms with Crippen LogP contribution in [0, 0.1) is 12.3 Å². The molecule has 0 aliphatic carbocycles. The number of benzene rings is 1. The third-order valence-corrected chi connectivity index (χ3v) is 4.26. The monoisotopic (exact) mass is 312 g/mol. The van der Waals surface area contributed by atoms with E-state index in [0.29, 0.717) is 18.6 Å². The van der Waals surface area contributed by atoms with E-state index in [1.54, 1.807) is 0 Å². The van der Waals surface area contributed by atoms with Gasteiger partial charge in [0.05, 0.1) is 0 Å². The summed E-state index contributed by atoms with van der Waals surface area (Å²) in [7, 11) is 0. The molecule has 124 valence electrons. The second-order valence-corrected chi connectivity index (χ2v) is 6.07. The number of guanidine groups is 1. The highest BCUT2D eigenvalue weighted by molar-refractivity contribution is 5.80. The molecule has 4 heteroatoms. The molecule has 1 aliphatic heterocycles. The van der Waals surface area contributed by atoms with Crippen LogP contribution in [-0.2, 0) is 6.54 Å². The number of hydrogen-bond donors (Lipinski definition) is 2. The Kier molecular flexibility index (Phi) is 6.96. The first-order chi connectivity index (χ1) is 11.2. The highest BCUT2D eigenvalue weighted by Crippen LogP contribution is 2.19. The van der Waals surface area contributed by atoms with E-state index in [1.807, 2.05) is 0 Å². The molecule has 2 atom stereocenters. The molecule has 1 aromatic carbocycles. The smallest absolute Gasteiger partial charge is 0.192 e. The summed E-state index contributed by atoms with van der Waals surface area (Å²) < 4.78 is 0. The van der Waals surface area contributed by atoms with Crippen molar-refractivity contribution < 1.29 is 0 Å². The van der Waals surface area contributed by atoms with Crippen LogP contribution in [0.1, 0.15) is 32.3 Å². The fourth-order valence-electron chi connectivity index (χ4n) is 3.04. The number of terminal acetylenes is 1. The molecule has 1 heterocycles. The van der Waals surface area contributed by atoms with Crippen molar-refractivity contribution in [3.05, 3.63) is 35.9 Å². The molecule has 1 aliphatic rings. The molecule has 0 aromatic heterocycles. The number of aliphatic imine (C=N–C) groups is 1. The number of hydrogen-bond acceptors (Lipinski definition) is 2. The van der Waals surface area contributed by atoms with Gasteiger partial charge in [-0.25, -0.2) is 4.99 Å². The third-order valence-electron chi connectivity index (χ3n) is 4.26. The molecule has 2 N–H and O–H groups in total. The van der Waals surface area contributed by atoms with Gasteiger partial charge in [-0.1, -0.05) is 36.3 Å². The standard InChI is InChI=1S/C19H28N4/c1-4-12-21-19(20-5-2)22-18-11-13-23(16(3)14-18)15-17-9-7-6-8-10-17/h1,6-10,16,18H,5,11-15H2,2-3H3,(H2,20,21,22). The van der Waals surface area contributed by atoms with E-state index in [1.165, 1.54) is 5.56 Å². The average Bonchev–Trinajstić information content (AvgIpc) is 2.56. The highest BCUT2D eigenvalue weighted by atomic mass is 15.2. The van der Waals surface area contributed by atoms with Crippen LogP contribution in [-0.4, -0.2) is 42.6 Å². The number of nitrogens with one attached hydrogen (secondary N) is 2. The Labute approximate surface area is 140 Å². The lowest BCUT2D eigenvalue weighted by molar-refractivity contribution is 0.134. The second-order valence-electron chi connectivity index (χ2n) is 6.07. The summed E-state index contributed by atoms with van der Waals surface area (Å²) >= 11 is 0. The molecule has 0 saturated carbocycles. The molecule has 2 rings (SSSR count). The molecule has 0 spiro atoms. The van der Waals surface area contributed by atoms with Gasteiger partial charge >= 0.3 is 0 Å². The first-order valence-corrected chi connectivity index (χ1v) is 8.49. The van der Waals surface area contributed by atoms with Gasteiger partial charge < -0.3 is 10.6 Å². The summed E-state index contributed by atoms with van der Waals surface area (Å²) in [5.41, 5.74) is 1.38. The van der Waals surface area contributed by atoms with Crippen LogP contribution in [0.3, 0.4) is 0 Å². The van der Waals surface area contributed by atoms with Crippen molar-refractivity contribution in [3.63, 3.8) is 0 Å². The van der Waals surface area contributed by atoms with Gasteiger partial charge in [-0.3, -0.25) is 4.90 Å². The Hall–Kier alpha value is -1.99. The van der Waals surface area contributed by atoms with E-state index >= 15 is 0 Å². The van der Waals surface area contributed by atoms with E-state index in [2.05, 4.69) is 70.6 Å². The van der Waals surface area contributed by atoms with Crippen LogP contribution in [0.2, 0.25) is 0 Å². The van der Waals surface area contributed by atoms with Crippen LogP contribution in [0.5, 0.6) is 0 Å². The minimum absolute atomic E-state index is 0.414. The summed E-state index contributed by atoms with van der Waals surface area (Å²) in [6.07, 6.45) is 7.54. The maximum atomic E-state index is 5.30. The Morgan fingerprint density at radius 2 is 2.17 bits per heavy atom. The third kappa shape index (κ3) is 5.61. The van der Waals surface area contributed by atoms with Gasteiger partial charge in [-0.2, -0.15) is 0 Å². The van der Waals surface area contributed by atoms with Gasteiger partial charge in [0.15, 0.2) is 5.96 Å². The van der Waals surface area contributed by atoms with Crippen molar-refractivity contribution in [3.8, 4) is 12.3 Å². The fraction of sp³-hybridized carbons (Fsp3) is 0.526. The molecule has 4 nitrogen and oxygen atoms in total. The largest absolute Gasteiger partial charge is 0.357 e. The van der Waals surface area contributed by atoms with Crippen LogP contribution in [0.15, 0.2) is 35.3 Å². The summed E-state index contributed by atoms with van der Waals surface area (Å²) in [4.78, 5) is 6.94. The van der Waals surface area contributed by atoms with Gasteiger partial charge in [0.1, 0.15) is 6.54 Å². The summed E-state index contributed by atoms with van der Waals surface area (Å²) in [6.45, 7) is 7.76. The number of rotatable bonds is 5. The van der Waals surface area contributed by atoms with Crippen molar-refractivity contribution in [2.45, 2.75) is 45.3 Å². The topological polar surface area (TPSA) is 39.7 Å². The minimum atomic E-state index is 0.414. The SMILES string of the molecule is C#CCN=C(NCC)NC1CCN(Cc2ccccc2)C(C)C1. The van der Waals surface area contributed by atoms with E-state index in [0.717, 1.165) is 38.4 Å². The highest BCUT2D eigenvalue weighted by Gasteiger charge is 2.25. The lowest BCUT2D eigenvalue weighted by Gasteiger charge is -2.38. The van der Waals surface area contributed by atoms with E-state index in [4.69, 9.17) is 6.42 Å². The predicted octanol–water partition coefficient (Wildman–Crippen LogP) is 2.23. The second kappa shape index (κ2) is 9.22. The van der Waals surface area contributed by atoms with Gasteiger partial charge in [0.25, 0.3) is 0 Å². The molecule has 1 aromatic rings. The summed E-state index contributed by atoms with van der Waals surface area (Å²) in [5, 5.41) is 6.78. The zero-order valence-corrected chi connectivity index (χ0v) is 14.3. The average molecular weight is 312 g/mol. The molecule has 1 saturated heterocycles. The number of piperidine rings is 1. The first-order valence-electron chi connectivity index (χ1n) is 8.49. The molecule has 2 unspecified atom stereocenters. The normalized spacial score (nSPS) is 22.4. The summed E-state index contributed by atoms with van der Waals surface area (Å²) in [5.74, 6) is 3.39. The van der Waals surface area contributed by atoms with Crippen molar-refractivity contribution in [2.24, 2.45) is 4.99 Å². The number of nitrogens with zero attached hydrogens (tertiary/aromatic N) is 2. The van der Waals surface area contributed by atoms with Gasteiger partial charge in [0, 0.05) is 31.7 Å². The molecule has 0 bridgehead atoms. The van der Waals surface area contributed by atoms with Gasteiger partial charge in [0.2, 0.25) is 0 Å². The Balaban J connectivity index is 1.86. The van der Waals surface area contributed by atoms with Crippen LogP contribution >= 0.6 is 0 Å². The van der Waals surface area contributed by atoms with E-state index in [-0.39, 0.29) is 0 Å². The molecular formula is C19H28N4. The zero-order valence-electron chi connectivity index (χ0n) is 14.3. The van der Waals surface area contributed by atoms with Gasteiger partial charge in [-0.05, 0) is 32.3 Å². The Bertz CT molecular complexity index is 532. The Morgan fingerprint density at radius 3 is 2.83 bits per heavy atom. The molecule has 1 fully saturated rings. The lowest BCUT2D eigenvalue weighted by Crippen LogP contribution is -2.51. The molecule has 23 heavy (non-hydrogen) atoms. The molecule has 0 amide bonds. The Morgan fingerprint density at radius 1 is 1.39 bits per heavy atom. The van der Waals surface area contributed by atoms with Gasteiger partial charge in [-0.15, -0.1) is 6.42 Å². The van der Waals surface area contributed by atoms with Crippen molar-refractivity contribution >= 4 is 5.96 Å². The van der Waals surface area contributed by atoms with E-state index < -0.39 is 0 Å². The predicted molar refractivity (Wildman–Crippen MR) is 97.3 cm³/mol.